The number of ketones is 1. The van der Waals surface area contributed by atoms with E-state index in [1.807, 2.05) is 48.5 Å². The minimum atomic E-state index is -1.36. The maximum Gasteiger partial charge on any atom is 0.170 e. The number of rotatable bonds is 4. The number of likely N-dealkylation sites (N-methyl/N-ethyl adjacent to an activating group) is 1. The molecule has 41 heavy (non-hydrogen) atoms. The molecule has 0 amide bonds. The summed E-state index contributed by atoms with van der Waals surface area (Å²) in [5.41, 5.74) is 1.48. The third-order valence-electron chi connectivity index (χ3n) is 10.4. The van der Waals surface area contributed by atoms with Gasteiger partial charge in [0, 0.05) is 36.7 Å². The van der Waals surface area contributed by atoms with Crippen molar-refractivity contribution in [1.29, 1.82) is 0 Å². The first-order valence-electron chi connectivity index (χ1n) is 14.1. The molecule has 1 unspecified atom stereocenters. The van der Waals surface area contributed by atoms with Gasteiger partial charge in [-0.15, -0.1) is 0 Å². The zero-order chi connectivity index (χ0) is 28.1. The largest absolute Gasteiger partial charge is 0.497 e. The van der Waals surface area contributed by atoms with Crippen molar-refractivity contribution in [2.75, 3.05) is 40.9 Å². The maximum atomic E-state index is 15.2. The van der Waals surface area contributed by atoms with Crippen molar-refractivity contribution in [3.8, 4) is 11.5 Å². The topological polar surface area (TPSA) is 62.2 Å². The third-order valence-corrected chi connectivity index (χ3v) is 10.4. The van der Waals surface area contributed by atoms with Crippen molar-refractivity contribution in [3.63, 3.8) is 0 Å². The molecule has 3 aliphatic heterocycles. The van der Waals surface area contributed by atoms with E-state index in [2.05, 4.69) is 59.3 Å². The van der Waals surface area contributed by atoms with E-state index in [4.69, 9.17) is 9.47 Å². The van der Waals surface area contributed by atoms with Gasteiger partial charge < -0.3 is 14.6 Å². The Morgan fingerprint density at radius 2 is 1.51 bits per heavy atom. The normalized spacial score (nSPS) is 32.4. The second-order valence-corrected chi connectivity index (χ2v) is 11.9. The number of carbonyl (C=O) groups is 1. The number of carbonyl (C=O) groups excluding carboxylic acids is 1. The molecule has 1 N–H and O–H groups in total. The lowest BCUT2D eigenvalue weighted by molar-refractivity contribution is -0.168. The van der Waals surface area contributed by atoms with Crippen LogP contribution < -0.4 is 9.47 Å². The highest BCUT2D eigenvalue weighted by Crippen LogP contribution is 2.75. The SMILES string of the molecule is COc1ccc(/C=C2\CN3C[C@@]4(C2=O)[C@@H](c2ccc(OC)cc2)CN(C)[C@]42c4cccc5cccc(c45)[C@]32O)cc1. The molecule has 6 heteroatoms. The highest BCUT2D eigenvalue weighted by molar-refractivity contribution is 6.09. The van der Waals surface area contributed by atoms with Crippen LogP contribution in [0.15, 0.2) is 90.5 Å². The molecule has 3 saturated heterocycles. The van der Waals surface area contributed by atoms with Crippen molar-refractivity contribution < 1.29 is 19.4 Å². The van der Waals surface area contributed by atoms with Crippen molar-refractivity contribution in [3.05, 3.63) is 113 Å². The van der Waals surface area contributed by atoms with E-state index < -0.39 is 16.7 Å². The van der Waals surface area contributed by atoms with Crippen LogP contribution in [-0.4, -0.2) is 61.6 Å². The third kappa shape index (κ3) is 2.76. The average Bonchev–Trinajstić information content (AvgIpc) is 3.49. The molecular weight excluding hydrogens is 512 g/mol. The molecule has 4 aliphatic rings. The molecule has 1 aliphatic carbocycles. The van der Waals surface area contributed by atoms with Gasteiger partial charge in [0.1, 0.15) is 17.0 Å². The Balaban J connectivity index is 1.41. The fourth-order valence-corrected chi connectivity index (χ4v) is 8.90. The minimum absolute atomic E-state index is 0.121. The average molecular weight is 545 g/mol. The number of ether oxygens (including phenoxy) is 2. The summed E-state index contributed by atoms with van der Waals surface area (Å²) in [6.07, 6.45) is 2.00. The summed E-state index contributed by atoms with van der Waals surface area (Å²) in [7, 11) is 5.40. The van der Waals surface area contributed by atoms with Gasteiger partial charge >= 0.3 is 0 Å². The minimum Gasteiger partial charge on any atom is -0.497 e. The van der Waals surface area contributed by atoms with Gasteiger partial charge in [-0.3, -0.25) is 14.6 Å². The van der Waals surface area contributed by atoms with Gasteiger partial charge in [-0.1, -0.05) is 60.7 Å². The predicted molar refractivity (Wildman–Crippen MR) is 158 cm³/mol. The summed E-state index contributed by atoms with van der Waals surface area (Å²) < 4.78 is 10.8. The summed E-state index contributed by atoms with van der Waals surface area (Å²) in [6, 6.07) is 28.4. The summed E-state index contributed by atoms with van der Waals surface area (Å²) in [5.74, 6) is 1.54. The van der Waals surface area contributed by atoms with Crippen molar-refractivity contribution in [2.45, 2.75) is 17.2 Å². The molecule has 3 heterocycles. The van der Waals surface area contributed by atoms with Gasteiger partial charge in [0.2, 0.25) is 0 Å². The predicted octanol–water partition coefficient (Wildman–Crippen LogP) is 4.91. The van der Waals surface area contributed by atoms with E-state index in [1.54, 1.807) is 14.2 Å². The number of hydrogen-bond acceptors (Lipinski definition) is 6. The van der Waals surface area contributed by atoms with Crippen LogP contribution in [0.3, 0.4) is 0 Å². The smallest absolute Gasteiger partial charge is 0.170 e. The first-order chi connectivity index (χ1) is 19.9. The number of nitrogens with zero attached hydrogens (tertiary/aromatic N) is 2. The van der Waals surface area contributed by atoms with E-state index in [0.29, 0.717) is 19.6 Å². The molecule has 0 radical (unpaired) electrons. The van der Waals surface area contributed by atoms with Gasteiger partial charge in [-0.2, -0.15) is 0 Å². The van der Waals surface area contributed by atoms with Gasteiger partial charge in [0.05, 0.1) is 19.6 Å². The molecule has 0 aromatic heterocycles. The molecular formula is C35H32N2O4. The van der Waals surface area contributed by atoms with Crippen LogP contribution in [0, 0.1) is 5.41 Å². The van der Waals surface area contributed by atoms with Crippen LogP contribution in [0.4, 0.5) is 0 Å². The summed E-state index contributed by atoms with van der Waals surface area (Å²) in [4.78, 5) is 19.7. The molecule has 2 spiro atoms. The van der Waals surface area contributed by atoms with Crippen LogP contribution in [-0.2, 0) is 16.1 Å². The van der Waals surface area contributed by atoms with Crippen molar-refractivity contribution in [2.24, 2.45) is 5.41 Å². The number of likely N-dealkylation sites (tertiary alicyclic amines) is 1. The molecule has 5 atom stereocenters. The van der Waals surface area contributed by atoms with Crippen LogP contribution in [0.5, 0.6) is 11.5 Å². The maximum absolute atomic E-state index is 15.2. The number of hydrogen-bond donors (Lipinski definition) is 1. The molecule has 2 bridgehead atoms. The number of fused-ring (bicyclic) bond motifs is 3. The molecule has 3 fully saturated rings. The number of Topliss-reactive ketones (excluding diaryl/α,β-unsaturated/α-hetero) is 1. The van der Waals surface area contributed by atoms with E-state index in [9.17, 15) is 5.11 Å². The van der Waals surface area contributed by atoms with Gasteiger partial charge in [0.25, 0.3) is 0 Å². The molecule has 8 rings (SSSR count). The van der Waals surface area contributed by atoms with Crippen LogP contribution >= 0.6 is 0 Å². The molecule has 4 aromatic carbocycles. The zero-order valence-corrected chi connectivity index (χ0v) is 23.4. The van der Waals surface area contributed by atoms with E-state index in [0.717, 1.165) is 50.1 Å². The molecule has 6 nitrogen and oxygen atoms in total. The van der Waals surface area contributed by atoms with Gasteiger partial charge in [-0.25, -0.2) is 0 Å². The summed E-state index contributed by atoms with van der Waals surface area (Å²) in [6.45, 7) is 1.50. The second-order valence-electron chi connectivity index (χ2n) is 11.9. The first kappa shape index (κ1) is 24.8. The highest BCUT2D eigenvalue weighted by atomic mass is 16.5. The summed E-state index contributed by atoms with van der Waals surface area (Å²) in [5, 5.41) is 15.4. The lowest BCUT2D eigenvalue weighted by Crippen LogP contribution is -2.60. The van der Waals surface area contributed by atoms with Crippen molar-refractivity contribution in [1.82, 2.24) is 9.80 Å². The number of piperidine rings is 1. The van der Waals surface area contributed by atoms with Gasteiger partial charge in [-0.05, 0) is 64.9 Å². The Kier molecular flexibility index (Phi) is 5.01. The Labute approximate surface area is 239 Å². The van der Waals surface area contributed by atoms with E-state index in [1.165, 1.54) is 0 Å². The standard InChI is InChI=1S/C35H32N2O4/c1-36-20-30(23-12-16-27(41-3)17-13-23)33-21-37(19-25(32(33)38)18-22-10-14-26(40-2)15-11-22)35(39)29-9-5-7-24-6-4-8-28(31(24)29)34(33,35)36/h4-18,30,39H,19-21H2,1-3H3/b25-18+/t30-,33+,34-,35-/m1/s1. The quantitative estimate of drug-likeness (QED) is 0.369. The van der Waals surface area contributed by atoms with Crippen LogP contribution in [0.2, 0.25) is 0 Å². The fourth-order valence-electron chi connectivity index (χ4n) is 8.90. The van der Waals surface area contributed by atoms with Crippen LogP contribution in [0.1, 0.15) is 28.2 Å². The lowest BCUT2D eigenvalue weighted by atomic mass is 9.57. The van der Waals surface area contributed by atoms with Crippen molar-refractivity contribution >= 4 is 22.6 Å². The number of methoxy groups -OCH3 is 2. The fraction of sp³-hybridized carbons (Fsp3) is 0.286. The summed E-state index contributed by atoms with van der Waals surface area (Å²) >= 11 is 0. The molecule has 4 aromatic rings. The first-order valence-corrected chi connectivity index (χ1v) is 14.1. The highest BCUT2D eigenvalue weighted by Gasteiger charge is 2.85. The molecule has 0 saturated carbocycles. The Hall–Kier alpha value is -3.97. The lowest BCUT2D eigenvalue weighted by Gasteiger charge is -2.47. The second kappa shape index (κ2) is 8.29. The van der Waals surface area contributed by atoms with E-state index >= 15 is 4.79 Å². The monoisotopic (exact) mass is 544 g/mol. The zero-order valence-electron chi connectivity index (χ0n) is 23.4. The Morgan fingerprint density at radius 3 is 2.17 bits per heavy atom. The number of aliphatic hydroxyl groups is 1. The van der Waals surface area contributed by atoms with Crippen LogP contribution in [0.25, 0.3) is 16.8 Å². The Bertz CT molecular complexity index is 1760. The molecule has 206 valence electrons. The number of benzene rings is 4. The van der Waals surface area contributed by atoms with Gasteiger partial charge in [0.15, 0.2) is 11.5 Å². The Morgan fingerprint density at radius 1 is 0.878 bits per heavy atom. The van der Waals surface area contributed by atoms with E-state index in [-0.39, 0.29) is 11.7 Å².